The number of benzene rings is 1. The quantitative estimate of drug-likeness (QED) is 0.533. The molecule has 2 heterocycles. The second kappa shape index (κ2) is 6.53. The third-order valence-corrected chi connectivity index (χ3v) is 3.72. The monoisotopic (exact) mass is 330 g/mol. The highest BCUT2D eigenvalue weighted by Gasteiger charge is 2.13. The molecule has 0 amide bonds. The molecule has 0 aliphatic carbocycles. The van der Waals surface area contributed by atoms with E-state index < -0.39 is 0 Å². The van der Waals surface area contributed by atoms with E-state index in [1.54, 1.807) is 7.11 Å². The van der Waals surface area contributed by atoms with Crippen molar-refractivity contribution in [1.82, 2.24) is 20.1 Å². The number of nitrogens with zero attached hydrogens (tertiary/aromatic N) is 4. The molecule has 0 fully saturated rings. The lowest BCUT2D eigenvalue weighted by molar-refractivity contribution is 0.390. The number of methoxy groups -OCH3 is 1. The molecule has 0 saturated carbocycles. The Kier molecular flexibility index (Phi) is 4.29. The molecule has 0 bridgehead atoms. The number of thioether (sulfide) groups is 1. The third kappa shape index (κ3) is 3.51. The molecule has 9 heteroatoms. The summed E-state index contributed by atoms with van der Waals surface area (Å²) in [7, 11) is 1.59. The molecule has 1 aromatic carbocycles. The summed E-state index contributed by atoms with van der Waals surface area (Å²) in [5.74, 6) is 2.64. The molecular formula is C14H14N6O2S. The molecular weight excluding hydrogens is 316 g/mol. The predicted molar refractivity (Wildman–Crippen MR) is 86.7 cm³/mol. The summed E-state index contributed by atoms with van der Waals surface area (Å²) in [5, 5.41) is 4.43. The first kappa shape index (κ1) is 15.1. The van der Waals surface area contributed by atoms with Crippen molar-refractivity contribution in [2.45, 2.75) is 10.9 Å². The van der Waals surface area contributed by atoms with Crippen LogP contribution in [0.2, 0.25) is 0 Å². The van der Waals surface area contributed by atoms with E-state index >= 15 is 0 Å². The van der Waals surface area contributed by atoms with Crippen LogP contribution in [0, 0.1) is 0 Å². The summed E-state index contributed by atoms with van der Waals surface area (Å²) < 4.78 is 10.5. The first-order valence-corrected chi connectivity index (χ1v) is 7.63. The van der Waals surface area contributed by atoms with Gasteiger partial charge in [0.25, 0.3) is 0 Å². The summed E-state index contributed by atoms with van der Waals surface area (Å²) in [6.45, 7) is 0. The molecule has 0 saturated heterocycles. The zero-order chi connectivity index (χ0) is 16.2. The van der Waals surface area contributed by atoms with Crippen LogP contribution in [0.25, 0.3) is 11.4 Å². The van der Waals surface area contributed by atoms with Gasteiger partial charge in [-0.3, -0.25) is 0 Å². The third-order valence-electron chi connectivity index (χ3n) is 2.89. The van der Waals surface area contributed by atoms with Crippen LogP contribution in [0.5, 0.6) is 5.75 Å². The lowest BCUT2D eigenvalue weighted by Crippen LogP contribution is -1.99. The zero-order valence-electron chi connectivity index (χ0n) is 12.3. The fraction of sp³-hybridized carbons (Fsp3) is 0.143. The van der Waals surface area contributed by atoms with E-state index in [2.05, 4.69) is 20.1 Å². The standard InChI is InChI=1S/C14H14N6O2S/c1-21-9-5-3-2-4-8(9)13-19-12(22-20-13)7-23-14-17-10(15)6-11(16)18-14/h2-6H,7H2,1H3,(H4,15,16,17,18). The van der Waals surface area contributed by atoms with Crippen LogP contribution in [0.15, 0.2) is 40.0 Å². The Morgan fingerprint density at radius 2 is 1.87 bits per heavy atom. The molecule has 0 radical (unpaired) electrons. The average Bonchev–Trinajstić information content (AvgIpc) is 3.01. The molecule has 8 nitrogen and oxygen atoms in total. The summed E-state index contributed by atoms with van der Waals surface area (Å²) in [4.78, 5) is 12.5. The van der Waals surface area contributed by atoms with Gasteiger partial charge >= 0.3 is 0 Å². The smallest absolute Gasteiger partial charge is 0.237 e. The zero-order valence-corrected chi connectivity index (χ0v) is 13.1. The largest absolute Gasteiger partial charge is 0.496 e. The predicted octanol–water partition coefficient (Wildman–Crippen LogP) is 1.99. The van der Waals surface area contributed by atoms with Gasteiger partial charge in [-0.1, -0.05) is 29.1 Å². The van der Waals surface area contributed by atoms with Crippen molar-refractivity contribution >= 4 is 23.4 Å². The second-order valence-electron chi connectivity index (χ2n) is 4.50. The molecule has 0 aliphatic heterocycles. The van der Waals surface area contributed by atoms with E-state index in [0.717, 1.165) is 5.56 Å². The number of hydrogen-bond acceptors (Lipinski definition) is 9. The van der Waals surface area contributed by atoms with Crippen LogP contribution in [-0.4, -0.2) is 27.2 Å². The Morgan fingerprint density at radius 3 is 2.61 bits per heavy atom. The molecule has 0 unspecified atom stereocenters. The van der Waals surface area contributed by atoms with Crippen molar-refractivity contribution in [2.24, 2.45) is 0 Å². The van der Waals surface area contributed by atoms with Gasteiger partial charge in [-0.2, -0.15) is 4.98 Å². The fourth-order valence-corrected chi connectivity index (χ4v) is 2.61. The highest BCUT2D eigenvalue weighted by Crippen LogP contribution is 2.28. The Balaban J connectivity index is 1.75. The van der Waals surface area contributed by atoms with Gasteiger partial charge in [0.2, 0.25) is 11.7 Å². The highest BCUT2D eigenvalue weighted by atomic mass is 32.2. The van der Waals surface area contributed by atoms with Gasteiger partial charge in [0, 0.05) is 6.07 Å². The second-order valence-corrected chi connectivity index (χ2v) is 5.44. The number of ether oxygens (including phenoxy) is 1. The van der Waals surface area contributed by atoms with Gasteiger partial charge in [0.15, 0.2) is 5.16 Å². The first-order valence-electron chi connectivity index (χ1n) is 6.64. The topological polar surface area (TPSA) is 126 Å². The molecule has 118 valence electrons. The van der Waals surface area contributed by atoms with Crippen molar-refractivity contribution in [2.75, 3.05) is 18.6 Å². The van der Waals surface area contributed by atoms with Gasteiger partial charge in [-0.05, 0) is 12.1 Å². The Bertz CT molecular complexity index is 802. The first-order chi connectivity index (χ1) is 11.2. The van der Waals surface area contributed by atoms with E-state index in [4.69, 9.17) is 20.7 Å². The minimum Gasteiger partial charge on any atom is -0.496 e. The van der Waals surface area contributed by atoms with E-state index in [1.807, 2.05) is 24.3 Å². The number of anilines is 2. The van der Waals surface area contributed by atoms with Crippen LogP contribution in [0.1, 0.15) is 5.89 Å². The van der Waals surface area contributed by atoms with Crippen molar-refractivity contribution in [1.29, 1.82) is 0 Å². The maximum Gasteiger partial charge on any atom is 0.237 e. The van der Waals surface area contributed by atoms with Crippen LogP contribution in [-0.2, 0) is 5.75 Å². The maximum atomic E-state index is 5.63. The number of para-hydroxylation sites is 1. The Labute approximate surface area is 136 Å². The van der Waals surface area contributed by atoms with Crippen LogP contribution in [0.4, 0.5) is 11.6 Å². The minimum atomic E-state index is 0.320. The molecule has 3 aromatic rings. The molecule has 0 atom stereocenters. The highest BCUT2D eigenvalue weighted by molar-refractivity contribution is 7.98. The Morgan fingerprint density at radius 1 is 1.13 bits per heavy atom. The van der Waals surface area contributed by atoms with Gasteiger partial charge < -0.3 is 20.7 Å². The molecule has 2 aromatic heterocycles. The number of nitrogen functional groups attached to an aromatic ring is 2. The van der Waals surface area contributed by atoms with Gasteiger partial charge in [-0.25, -0.2) is 9.97 Å². The number of aromatic nitrogens is 4. The molecule has 0 aliphatic rings. The molecule has 0 spiro atoms. The SMILES string of the molecule is COc1ccccc1-c1noc(CSc2nc(N)cc(N)n2)n1. The number of nitrogens with two attached hydrogens (primary N) is 2. The van der Waals surface area contributed by atoms with E-state index in [1.165, 1.54) is 17.8 Å². The van der Waals surface area contributed by atoms with Crippen molar-refractivity contribution in [3.05, 3.63) is 36.2 Å². The van der Waals surface area contributed by atoms with Gasteiger partial charge in [-0.15, -0.1) is 0 Å². The summed E-state index contributed by atoms with van der Waals surface area (Å²) in [6.07, 6.45) is 0. The van der Waals surface area contributed by atoms with E-state index in [9.17, 15) is 0 Å². The van der Waals surface area contributed by atoms with Crippen LogP contribution >= 0.6 is 11.8 Å². The lowest BCUT2D eigenvalue weighted by atomic mass is 10.2. The summed E-state index contributed by atoms with van der Waals surface area (Å²) in [5.41, 5.74) is 12.0. The van der Waals surface area contributed by atoms with Crippen molar-refractivity contribution in [3.8, 4) is 17.1 Å². The van der Waals surface area contributed by atoms with Crippen LogP contribution in [0.3, 0.4) is 0 Å². The fourth-order valence-electron chi connectivity index (χ4n) is 1.91. The van der Waals surface area contributed by atoms with Gasteiger partial charge in [0.1, 0.15) is 17.4 Å². The normalized spacial score (nSPS) is 10.7. The Hall–Kier alpha value is -2.81. The molecule has 4 N–H and O–H groups in total. The van der Waals surface area contributed by atoms with E-state index in [-0.39, 0.29) is 0 Å². The van der Waals surface area contributed by atoms with Gasteiger partial charge in [0.05, 0.1) is 18.4 Å². The summed E-state index contributed by atoms with van der Waals surface area (Å²) in [6, 6.07) is 8.95. The number of rotatable bonds is 5. The number of hydrogen-bond donors (Lipinski definition) is 2. The summed E-state index contributed by atoms with van der Waals surface area (Å²) >= 11 is 1.31. The molecule has 23 heavy (non-hydrogen) atoms. The maximum absolute atomic E-state index is 5.63. The average molecular weight is 330 g/mol. The van der Waals surface area contributed by atoms with Crippen molar-refractivity contribution < 1.29 is 9.26 Å². The minimum absolute atomic E-state index is 0.320. The lowest BCUT2D eigenvalue weighted by Gasteiger charge is -2.03. The van der Waals surface area contributed by atoms with Crippen molar-refractivity contribution in [3.63, 3.8) is 0 Å². The molecule has 3 rings (SSSR count). The van der Waals surface area contributed by atoms with E-state index in [0.29, 0.717) is 40.0 Å². The van der Waals surface area contributed by atoms with Crippen LogP contribution < -0.4 is 16.2 Å².